The average molecular weight is 240 g/mol. The summed E-state index contributed by atoms with van der Waals surface area (Å²) in [4.78, 5) is 35.5. The zero-order chi connectivity index (χ0) is 12.5. The van der Waals surface area contributed by atoms with Gasteiger partial charge in [0.2, 0.25) is 0 Å². The van der Waals surface area contributed by atoms with Gasteiger partial charge < -0.3 is 10.4 Å². The Morgan fingerprint density at radius 2 is 1.94 bits per heavy atom. The maximum Gasteiger partial charge on any atom is 0.325 e. The highest BCUT2D eigenvalue weighted by Crippen LogP contribution is 2.37. The molecule has 2 aliphatic rings. The third-order valence-corrected chi connectivity index (χ3v) is 3.58. The van der Waals surface area contributed by atoms with Gasteiger partial charge >= 0.3 is 12.0 Å². The van der Waals surface area contributed by atoms with E-state index >= 15 is 0 Å². The Balaban J connectivity index is 2.28. The molecule has 2 fully saturated rings. The molecule has 0 aromatic heterocycles. The van der Waals surface area contributed by atoms with Crippen molar-refractivity contribution in [3.63, 3.8) is 0 Å². The number of hydrogen-bond acceptors (Lipinski definition) is 3. The Hall–Kier alpha value is -1.59. The van der Waals surface area contributed by atoms with Gasteiger partial charge in [0.15, 0.2) is 0 Å². The predicted octanol–water partition coefficient (Wildman–Crippen LogP) is 0.716. The molecule has 3 amide bonds. The maximum atomic E-state index is 11.7. The molecule has 0 aromatic rings. The first-order valence-corrected chi connectivity index (χ1v) is 5.88. The molecule has 1 saturated heterocycles. The summed E-state index contributed by atoms with van der Waals surface area (Å²) in [5.74, 6) is -1.27. The summed E-state index contributed by atoms with van der Waals surface area (Å²) in [5.41, 5.74) is -0.804. The zero-order valence-corrected chi connectivity index (χ0v) is 9.57. The largest absolute Gasteiger partial charge is 0.481 e. The summed E-state index contributed by atoms with van der Waals surface area (Å²) < 4.78 is 0. The normalized spacial score (nSPS) is 23.6. The fraction of sp³-hybridized carbons (Fsp3) is 0.727. The van der Waals surface area contributed by atoms with Gasteiger partial charge in [-0.05, 0) is 12.8 Å². The first kappa shape index (κ1) is 11.9. The lowest BCUT2D eigenvalue weighted by Gasteiger charge is -2.41. The van der Waals surface area contributed by atoms with E-state index in [2.05, 4.69) is 5.32 Å². The number of nitrogens with one attached hydrogen (secondary N) is 1. The SMILES string of the molecule is O=C(O)CC1(N2C(=O)CNC2=O)CCCCC1. The summed E-state index contributed by atoms with van der Waals surface area (Å²) in [6.45, 7) is -0.0137. The number of imide groups is 1. The molecular weight excluding hydrogens is 224 g/mol. The van der Waals surface area contributed by atoms with Gasteiger partial charge in [0.05, 0.1) is 18.5 Å². The number of urea groups is 1. The van der Waals surface area contributed by atoms with E-state index in [0.29, 0.717) is 12.8 Å². The van der Waals surface area contributed by atoms with Gasteiger partial charge in [0, 0.05) is 0 Å². The van der Waals surface area contributed by atoms with Crippen LogP contribution in [0.25, 0.3) is 0 Å². The van der Waals surface area contributed by atoms with Crippen molar-refractivity contribution >= 4 is 17.9 Å². The highest BCUT2D eigenvalue weighted by atomic mass is 16.4. The summed E-state index contributed by atoms with van der Waals surface area (Å²) in [5, 5.41) is 11.5. The van der Waals surface area contributed by atoms with Gasteiger partial charge in [-0.3, -0.25) is 14.5 Å². The van der Waals surface area contributed by atoms with Crippen LogP contribution in [0.5, 0.6) is 0 Å². The molecule has 6 heteroatoms. The lowest BCUT2D eigenvalue weighted by atomic mass is 9.78. The van der Waals surface area contributed by atoms with Crippen molar-refractivity contribution in [2.45, 2.75) is 44.1 Å². The average Bonchev–Trinajstić information content (AvgIpc) is 2.59. The molecule has 0 unspecified atom stereocenters. The molecule has 1 heterocycles. The highest BCUT2D eigenvalue weighted by Gasteiger charge is 2.48. The van der Waals surface area contributed by atoms with Crippen LogP contribution in [-0.4, -0.2) is 40.0 Å². The van der Waals surface area contributed by atoms with Gasteiger partial charge in [-0.2, -0.15) is 0 Å². The maximum absolute atomic E-state index is 11.7. The standard InChI is InChI=1S/C11H16N2O4/c14-8-7-12-10(17)13(8)11(6-9(15)16)4-2-1-3-5-11/h1-7H2,(H,12,17)(H,15,16). The van der Waals surface area contributed by atoms with Crippen LogP contribution < -0.4 is 5.32 Å². The number of carbonyl (C=O) groups excluding carboxylic acids is 2. The fourth-order valence-corrected chi connectivity index (χ4v) is 2.87. The number of rotatable bonds is 3. The van der Waals surface area contributed by atoms with Gasteiger partial charge in [0.1, 0.15) is 0 Å². The monoisotopic (exact) mass is 240 g/mol. The molecule has 17 heavy (non-hydrogen) atoms. The van der Waals surface area contributed by atoms with E-state index in [0.717, 1.165) is 24.2 Å². The van der Waals surface area contributed by atoms with E-state index in [9.17, 15) is 14.4 Å². The third-order valence-electron chi connectivity index (χ3n) is 3.58. The first-order chi connectivity index (χ1) is 8.05. The zero-order valence-electron chi connectivity index (χ0n) is 9.57. The van der Waals surface area contributed by atoms with Crippen molar-refractivity contribution in [2.24, 2.45) is 0 Å². The van der Waals surface area contributed by atoms with E-state index in [1.54, 1.807) is 0 Å². The fourth-order valence-electron chi connectivity index (χ4n) is 2.87. The van der Waals surface area contributed by atoms with E-state index in [-0.39, 0.29) is 18.9 Å². The van der Waals surface area contributed by atoms with Gasteiger partial charge in [-0.25, -0.2) is 4.79 Å². The lowest BCUT2D eigenvalue weighted by molar-refractivity contribution is -0.142. The number of amides is 3. The predicted molar refractivity (Wildman–Crippen MR) is 58.3 cm³/mol. The number of nitrogens with zero attached hydrogens (tertiary/aromatic N) is 1. The highest BCUT2D eigenvalue weighted by molar-refractivity contribution is 6.03. The Morgan fingerprint density at radius 3 is 2.41 bits per heavy atom. The van der Waals surface area contributed by atoms with Crippen LogP contribution in [0.1, 0.15) is 38.5 Å². The smallest absolute Gasteiger partial charge is 0.325 e. The Kier molecular flexibility index (Phi) is 3.04. The van der Waals surface area contributed by atoms with Crippen LogP contribution in [0.3, 0.4) is 0 Å². The van der Waals surface area contributed by atoms with E-state index in [1.165, 1.54) is 0 Å². The van der Waals surface area contributed by atoms with E-state index in [4.69, 9.17) is 5.11 Å². The number of hydrogen-bond donors (Lipinski definition) is 2. The van der Waals surface area contributed by atoms with Crippen molar-refractivity contribution < 1.29 is 19.5 Å². The number of carbonyl (C=O) groups is 3. The second kappa shape index (κ2) is 4.35. The molecule has 94 valence electrons. The minimum absolute atomic E-state index is 0.0137. The van der Waals surface area contributed by atoms with Crippen molar-refractivity contribution in [3.05, 3.63) is 0 Å². The Labute approximate surface area is 99.0 Å². The van der Waals surface area contributed by atoms with E-state index < -0.39 is 17.5 Å². The first-order valence-electron chi connectivity index (χ1n) is 5.88. The quantitative estimate of drug-likeness (QED) is 0.711. The van der Waals surface area contributed by atoms with Gasteiger partial charge in [-0.1, -0.05) is 19.3 Å². The molecule has 1 aliphatic carbocycles. The molecule has 1 aliphatic heterocycles. The second-order valence-electron chi connectivity index (χ2n) is 4.74. The molecule has 2 N–H and O–H groups in total. The molecule has 2 rings (SSSR count). The van der Waals surface area contributed by atoms with Crippen LogP contribution in [-0.2, 0) is 9.59 Å². The summed E-state index contributed by atoms with van der Waals surface area (Å²) >= 11 is 0. The number of carboxylic acids is 1. The summed E-state index contributed by atoms with van der Waals surface area (Å²) in [6.07, 6.45) is 3.81. The van der Waals surface area contributed by atoms with Crippen LogP contribution in [0.2, 0.25) is 0 Å². The molecule has 0 atom stereocenters. The number of aliphatic carboxylic acids is 1. The van der Waals surface area contributed by atoms with Crippen LogP contribution >= 0.6 is 0 Å². The molecule has 1 saturated carbocycles. The molecule has 0 aromatic carbocycles. The summed E-state index contributed by atoms with van der Waals surface area (Å²) in [7, 11) is 0. The van der Waals surface area contributed by atoms with Crippen molar-refractivity contribution in [1.29, 1.82) is 0 Å². The Morgan fingerprint density at radius 1 is 1.29 bits per heavy atom. The van der Waals surface area contributed by atoms with Crippen LogP contribution in [0.4, 0.5) is 4.79 Å². The minimum Gasteiger partial charge on any atom is -0.481 e. The molecule has 0 bridgehead atoms. The molecular formula is C11H16N2O4. The van der Waals surface area contributed by atoms with Gasteiger partial charge in [-0.15, -0.1) is 0 Å². The van der Waals surface area contributed by atoms with Gasteiger partial charge in [0.25, 0.3) is 5.91 Å². The van der Waals surface area contributed by atoms with Crippen molar-refractivity contribution in [2.75, 3.05) is 6.54 Å². The number of carboxylic acid groups (broad SMARTS) is 1. The lowest BCUT2D eigenvalue weighted by Crippen LogP contribution is -2.54. The molecule has 0 spiro atoms. The third kappa shape index (κ3) is 2.11. The molecule has 0 radical (unpaired) electrons. The van der Waals surface area contributed by atoms with Crippen molar-refractivity contribution in [3.8, 4) is 0 Å². The second-order valence-corrected chi connectivity index (χ2v) is 4.74. The topological polar surface area (TPSA) is 86.7 Å². The minimum atomic E-state index is -0.959. The van der Waals surface area contributed by atoms with Crippen LogP contribution in [0, 0.1) is 0 Å². The molecule has 6 nitrogen and oxygen atoms in total. The Bertz CT molecular complexity index is 344. The van der Waals surface area contributed by atoms with Crippen LogP contribution in [0.15, 0.2) is 0 Å². The summed E-state index contributed by atoms with van der Waals surface area (Å²) in [6, 6.07) is -0.446. The van der Waals surface area contributed by atoms with Crippen molar-refractivity contribution in [1.82, 2.24) is 10.2 Å². The van der Waals surface area contributed by atoms with E-state index in [1.807, 2.05) is 0 Å².